The zero-order chi connectivity index (χ0) is 14.4. The van der Waals surface area contributed by atoms with E-state index >= 15 is 0 Å². The lowest BCUT2D eigenvalue weighted by molar-refractivity contribution is -0.195. The van der Waals surface area contributed by atoms with Crippen LogP contribution in [0.2, 0.25) is 0 Å². The molecule has 1 aliphatic rings. The highest BCUT2D eigenvalue weighted by Crippen LogP contribution is 2.15. The summed E-state index contributed by atoms with van der Waals surface area (Å²) in [6.45, 7) is 3.49. The number of H-pyrrole nitrogens is 1. The number of aromatic nitrogens is 1. The van der Waals surface area contributed by atoms with Gasteiger partial charge in [-0.25, -0.2) is 5.06 Å². The summed E-state index contributed by atoms with van der Waals surface area (Å²) >= 11 is 0. The maximum Gasteiger partial charge on any atom is 0.259 e. The second-order valence-corrected chi connectivity index (χ2v) is 4.76. The SMILES string of the molecule is Cc1c[nH]c2ccccc12.NCC(=O)N1CCCCO1. The quantitative estimate of drug-likeness (QED) is 0.836. The number of benzene rings is 1. The number of hydroxylamine groups is 2. The van der Waals surface area contributed by atoms with Gasteiger partial charge in [0.2, 0.25) is 0 Å². The molecule has 0 radical (unpaired) electrons. The summed E-state index contributed by atoms with van der Waals surface area (Å²) < 4.78 is 0. The maximum atomic E-state index is 10.8. The first kappa shape index (κ1) is 14.6. The molecule has 1 fully saturated rings. The van der Waals surface area contributed by atoms with Crippen molar-refractivity contribution in [1.29, 1.82) is 0 Å². The molecule has 0 aliphatic carbocycles. The Morgan fingerprint density at radius 2 is 2.20 bits per heavy atom. The van der Waals surface area contributed by atoms with E-state index in [1.54, 1.807) is 0 Å². The molecule has 0 bridgehead atoms. The number of carbonyl (C=O) groups is 1. The van der Waals surface area contributed by atoms with E-state index in [9.17, 15) is 4.79 Å². The van der Waals surface area contributed by atoms with Crippen LogP contribution in [-0.4, -0.2) is 35.7 Å². The van der Waals surface area contributed by atoms with Crippen molar-refractivity contribution in [2.75, 3.05) is 19.7 Å². The topological polar surface area (TPSA) is 71.4 Å². The molecule has 2 heterocycles. The Labute approximate surface area is 118 Å². The van der Waals surface area contributed by atoms with E-state index in [0.29, 0.717) is 13.2 Å². The predicted octanol–water partition coefficient (Wildman–Crippen LogP) is 1.98. The molecule has 1 saturated heterocycles. The molecule has 20 heavy (non-hydrogen) atoms. The van der Waals surface area contributed by atoms with Crippen LogP contribution in [0.1, 0.15) is 18.4 Å². The molecule has 108 valence electrons. The number of aryl methyl sites for hydroxylation is 1. The lowest BCUT2D eigenvalue weighted by atomic mass is 10.2. The molecule has 0 atom stereocenters. The Hall–Kier alpha value is -1.85. The zero-order valence-corrected chi connectivity index (χ0v) is 11.8. The van der Waals surface area contributed by atoms with Gasteiger partial charge >= 0.3 is 0 Å². The van der Waals surface area contributed by atoms with Gasteiger partial charge in [0.25, 0.3) is 5.91 Å². The van der Waals surface area contributed by atoms with Gasteiger partial charge in [-0.05, 0) is 31.4 Å². The van der Waals surface area contributed by atoms with E-state index in [1.807, 2.05) is 12.3 Å². The Morgan fingerprint density at radius 1 is 1.40 bits per heavy atom. The number of amides is 1. The number of fused-ring (bicyclic) bond motifs is 1. The van der Waals surface area contributed by atoms with Crippen LogP contribution in [0.4, 0.5) is 0 Å². The molecule has 3 N–H and O–H groups in total. The number of nitrogens with one attached hydrogen (secondary N) is 1. The van der Waals surface area contributed by atoms with Gasteiger partial charge < -0.3 is 10.7 Å². The summed E-state index contributed by atoms with van der Waals surface area (Å²) in [5.74, 6) is -0.125. The van der Waals surface area contributed by atoms with Gasteiger partial charge in [0.1, 0.15) is 0 Å². The minimum absolute atomic E-state index is 0.0417. The fourth-order valence-electron chi connectivity index (χ4n) is 2.11. The van der Waals surface area contributed by atoms with Crippen LogP contribution in [0, 0.1) is 6.92 Å². The third-order valence-electron chi connectivity index (χ3n) is 3.25. The number of hydrogen-bond acceptors (Lipinski definition) is 3. The van der Waals surface area contributed by atoms with E-state index in [4.69, 9.17) is 10.6 Å². The van der Waals surface area contributed by atoms with Gasteiger partial charge in [-0.15, -0.1) is 0 Å². The fourth-order valence-corrected chi connectivity index (χ4v) is 2.11. The van der Waals surface area contributed by atoms with Gasteiger partial charge in [-0.1, -0.05) is 18.2 Å². The number of carbonyl (C=O) groups excluding carboxylic acids is 1. The second kappa shape index (κ2) is 7.07. The molecule has 1 amide bonds. The van der Waals surface area contributed by atoms with Crippen molar-refractivity contribution in [1.82, 2.24) is 10.0 Å². The van der Waals surface area contributed by atoms with Crippen LogP contribution in [-0.2, 0) is 9.63 Å². The van der Waals surface area contributed by atoms with Crippen molar-refractivity contribution in [3.8, 4) is 0 Å². The average Bonchev–Trinajstić information content (AvgIpc) is 2.90. The number of aromatic amines is 1. The predicted molar refractivity (Wildman–Crippen MR) is 79.0 cm³/mol. The van der Waals surface area contributed by atoms with Crippen LogP contribution < -0.4 is 5.73 Å². The van der Waals surface area contributed by atoms with Crippen molar-refractivity contribution >= 4 is 16.8 Å². The summed E-state index contributed by atoms with van der Waals surface area (Å²) in [7, 11) is 0. The van der Waals surface area contributed by atoms with Crippen molar-refractivity contribution < 1.29 is 9.63 Å². The highest BCUT2D eigenvalue weighted by molar-refractivity contribution is 5.82. The van der Waals surface area contributed by atoms with Gasteiger partial charge in [0.15, 0.2) is 0 Å². The molecule has 0 saturated carbocycles. The Kier molecular flexibility index (Phi) is 5.15. The minimum Gasteiger partial charge on any atom is -0.361 e. The monoisotopic (exact) mass is 275 g/mol. The normalized spacial score (nSPS) is 14.8. The zero-order valence-electron chi connectivity index (χ0n) is 11.8. The van der Waals surface area contributed by atoms with E-state index < -0.39 is 0 Å². The first-order valence-electron chi connectivity index (χ1n) is 6.88. The average molecular weight is 275 g/mol. The highest BCUT2D eigenvalue weighted by Gasteiger charge is 2.15. The van der Waals surface area contributed by atoms with Crippen LogP contribution in [0.25, 0.3) is 10.9 Å². The summed E-state index contributed by atoms with van der Waals surface area (Å²) in [6, 6.07) is 8.31. The molecule has 1 aromatic carbocycles. The second-order valence-electron chi connectivity index (χ2n) is 4.76. The summed E-state index contributed by atoms with van der Waals surface area (Å²) in [6.07, 6.45) is 4.09. The standard InChI is InChI=1S/C9H9N.C6H12N2O2/c1-7-6-10-9-5-3-2-4-8(7)9;7-5-6(9)8-3-1-2-4-10-8/h2-6,10H,1H3;1-5,7H2. The van der Waals surface area contributed by atoms with Gasteiger partial charge in [-0.2, -0.15) is 0 Å². The van der Waals surface area contributed by atoms with Gasteiger partial charge in [-0.3, -0.25) is 9.63 Å². The van der Waals surface area contributed by atoms with Crippen molar-refractivity contribution in [3.63, 3.8) is 0 Å². The first-order valence-corrected chi connectivity index (χ1v) is 6.88. The van der Waals surface area contributed by atoms with Crippen molar-refractivity contribution in [3.05, 3.63) is 36.0 Å². The van der Waals surface area contributed by atoms with Crippen LogP contribution in [0.5, 0.6) is 0 Å². The number of nitrogens with zero attached hydrogens (tertiary/aromatic N) is 1. The van der Waals surface area contributed by atoms with Crippen LogP contribution in [0.3, 0.4) is 0 Å². The molecule has 0 unspecified atom stereocenters. The smallest absolute Gasteiger partial charge is 0.259 e. The Morgan fingerprint density at radius 3 is 2.85 bits per heavy atom. The fraction of sp³-hybridized carbons (Fsp3) is 0.400. The van der Waals surface area contributed by atoms with Crippen molar-refractivity contribution in [2.45, 2.75) is 19.8 Å². The molecular weight excluding hydrogens is 254 g/mol. The molecule has 1 aliphatic heterocycles. The van der Waals surface area contributed by atoms with Crippen LogP contribution >= 0.6 is 0 Å². The highest BCUT2D eigenvalue weighted by atomic mass is 16.7. The molecule has 2 aromatic rings. The summed E-state index contributed by atoms with van der Waals surface area (Å²) in [4.78, 5) is 19.1. The molecule has 0 spiro atoms. The van der Waals surface area contributed by atoms with E-state index in [-0.39, 0.29) is 12.5 Å². The lowest BCUT2D eigenvalue weighted by Crippen LogP contribution is -2.39. The molecular formula is C15H21N3O2. The van der Waals surface area contributed by atoms with Crippen LogP contribution in [0.15, 0.2) is 30.5 Å². The summed E-state index contributed by atoms with van der Waals surface area (Å²) in [5, 5.41) is 2.67. The molecule has 5 nitrogen and oxygen atoms in total. The third-order valence-corrected chi connectivity index (χ3v) is 3.25. The Balaban J connectivity index is 0.000000147. The number of nitrogens with two attached hydrogens (primary N) is 1. The van der Waals surface area contributed by atoms with E-state index in [2.05, 4.69) is 30.1 Å². The van der Waals surface area contributed by atoms with Gasteiger partial charge in [0.05, 0.1) is 13.2 Å². The minimum atomic E-state index is -0.125. The van der Waals surface area contributed by atoms with E-state index in [0.717, 1.165) is 12.8 Å². The van der Waals surface area contributed by atoms with Crippen molar-refractivity contribution in [2.24, 2.45) is 5.73 Å². The molecule has 5 heteroatoms. The molecule has 3 rings (SSSR count). The Bertz CT molecular complexity index is 559. The summed E-state index contributed by atoms with van der Waals surface area (Å²) in [5.41, 5.74) is 7.67. The molecule has 1 aromatic heterocycles. The maximum absolute atomic E-state index is 10.8. The third kappa shape index (κ3) is 3.59. The lowest BCUT2D eigenvalue weighted by Gasteiger charge is -2.25. The van der Waals surface area contributed by atoms with Gasteiger partial charge in [0, 0.05) is 23.6 Å². The number of hydrogen-bond donors (Lipinski definition) is 2. The van der Waals surface area contributed by atoms with E-state index in [1.165, 1.54) is 21.5 Å². The largest absolute Gasteiger partial charge is 0.361 e. The first-order chi connectivity index (χ1) is 9.72. The number of para-hydroxylation sites is 1. The number of rotatable bonds is 1.